The molecule has 1 saturated carbocycles. The van der Waals surface area contributed by atoms with Crippen molar-refractivity contribution in [3.05, 3.63) is 24.3 Å². The number of hydrogen-bond acceptors (Lipinski definition) is 3. The fraction of sp³-hybridized carbons (Fsp3) is 0.429. The minimum atomic E-state index is -0.342. The second-order valence-electron chi connectivity index (χ2n) is 5.10. The lowest BCUT2D eigenvalue weighted by Gasteiger charge is -2.30. The summed E-state index contributed by atoms with van der Waals surface area (Å²) >= 11 is 5.16. The normalized spacial score (nSPS) is 24.5. The molecule has 0 saturated heterocycles. The van der Waals surface area contributed by atoms with Gasteiger partial charge in [-0.25, -0.2) is 4.99 Å². The fourth-order valence-corrected chi connectivity index (χ4v) is 2.55. The number of hydrogen-bond donors (Lipinski definition) is 1. The van der Waals surface area contributed by atoms with E-state index in [0.717, 1.165) is 12.8 Å². The average Bonchev–Trinajstić information content (AvgIpc) is 3.27. The molecule has 1 atom stereocenters. The Kier molecular flexibility index (Phi) is 3.48. The molecule has 0 radical (unpaired) electrons. The zero-order chi connectivity index (χ0) is 14.1. The van der Waals surface area contributed by atoms with Gasteiger partial charge in [-0.3, -0.25) is 14.5 Å². The number of nitrogens with zero attached hydrogens (tertiary/aromatic N) is 2. The van der Waals surface area contributed by atoms with Crippen LogP contribution in [-0.4, -0.2) is 40.6 Å². The van der Waals surface area contributed by atoms with Crippen molar-refractivity contribution in [1.82, 2.24) is 10.2 Å². The molecule has 2 amide bonds. The van der Waals surface area contributed by atoms with Crippen LogP contribution in [0.2, 0.25) is 0 Å². The van der Waals surface area contributed by atoms with Crippen molar-refractivity contribution in [3.8, 4) is 0 Å². The number of thiocarbonyl (C=S) groups is 1. The van der Waals surface area contributed by atoms with Crippen molar-refractivity contribution >= 4 is 34.9 Å². The Balaban J connectivity index is 1.61. The van der Waals surface area contributed by atoms with Gasteiger partial charge in [0.25, 0.3) is 0 Å². The molecule has 0 bridgehead atoms. The summed E-state index contributed by atoms with van der Waals surface area (Å²) in [5.41, 5.74) is 0.695. The van der Waals surface area contributed by atoms with Gasteiger partial charge in [-0.15, -0.1) is 0 Å². The number of carbonyl (C=O) groups is 2. The van der Waals surface area contributed by atoms with Crippen LogP contribution in [0.1, 0.15) is 12.8 Å². The molecule has 1 unspecified atom stereocenters. The number of nitrogens with one attached hydrogen (secondary N) is 1. The molecule has 20 heavy (non-hydrogen) atoms. The first-order valence-electron chi connectivity index (χ1n) is 6.73. The maximum absolute atomic E-state index is 12.4. The number of fused-ring (bicyclic) bond motifs is 1. The molecule has 5 nitrogen and oxygen atoms in total. The number of rotatable bonds is 4. The van der Waals surface area contributed by atoms with Gasteiger partial charge in [0, 0.05) is 19.0 Å². The van der Waals surface area contributed by atoms with Gasteiger partial charge >= 0.3 is 0 Å². The van der Waals surface area contributed by atoms with Gasteiger partial charge in [-0.1, -0.05) is 18.2 Å². The highest BCUT2D eigenvalue weighted by Gasteiger charge is 2.34. The second-order valence-corrected chi connectivity index (χ2v) is 5.46. The first-order valence-corrected chi connectivity index (χ1v) is 7.14. The van der Waals surface area contributed by atoms with Crippen LogP contribution in [0.15, 0.2) is 29.3 Å². The molecule has 0 spiro atoms. The van der Waals surface area contributed by atoms with E-state index in [1.165, 1.54) is 4.90 Å². The predicted molar refractivity (Wildman–Crippen MR) is 79.2 cm³/mol. The quantitative estimate of drug-likeness (QED) is 0.780. The van der Waals surface area contributed by atoms with E-state index in [1.54, 1.807) is 6.08 Å². The fourth-order valence-electron chi connectivity index (χ4n) is 2.27. The largest absolute Gasteiger partial charge is 0.354 e. The van der Waals surface area contributed by atoms with Crippen molar-refractivity contribution in [2.75, 3.05) is 13.1 Å². The van der Waals surface area contributed by atoms with Gasteiger partial charge < -0.3 is 5.32 Å². The maximum atomic E-state index is 12.4. The Morgan fingerprint density at radius 2 is 2.25 bits per heavy atom. The van der Waals surface area contributed by atoms with Crippen LogP contribution in [0.4, 0.5) is 0 Å². The number of amides is 2. The number of carbonyl (C=O) groups excluding carboxylic acids is 2. The van der Waals surface area contributed by atoms with Crippen LogP contribution in [0.25, 0.3) is 0 Å². The third kappa shape index (κ3) is 2.56. The summed E-state index contributed by atoms with van der Waals surface area (Å²) in [6.07, 6.45) is 9.25. The van der Waals surface area contributed by atoms with E-state index in [4.69, 9.17) is 12.2 Å². The van der Waals surface area contributed by atoms with E-state index in [9.17, 15) is 9.59 Å². The zero-order valence-electron chi connectivity index (χ0n) is 10.9. The topological polar surface area (TPSA) is 61.8 Å². The minimum absolute atomic E-state index is 0.0683. The molecule has 6 heteroatoms. The van der Waals surface area contributed by atoms with Gasteiger partial charge in [-0.05, 0) is 31.1 Å². The van der Waals surface area contributed by atoms with Crippen molar-refractivity contribution < 1.29 is 9.59 Å². The maximum Gasteiger partial charge on any atom is 0.241 e. The minimum Gasteiger partial charge on any atom is -0.354 e. The molecule has 104 valence electrons. The predicted octanol–water partition coefficient (Wildman–Crippen LogP) is 0.823. The summed E-state index contributed by atoms with van der Waals surface area (Å²) in [4.78, 5) is 29.7. The van der Waals surface area contributed by atoms with Gasteiger partial charge in [0.15, 0.2) is 0 Å². The Morgan fingerprint density at radius 3 is 3.00 bits per heavy atom. The second kappa shape index (κ2) is 5.28. The van der Waals surface area contributed by atoms with Crippen molar-refractivity contribution in [1.29, 1.82) is 0 Å². The highest BCUT2D eigenvalue weighted by Crippen LogP contribution is 2.28. The zero-order valence-corrected chi connectivity index (χ0v) is 11.7. The van der Waals surface area contributed by atoms with E-state index in [-0.39, 0.29) is 28.8 Å². The monoisotopic (exact) mass is 289 g/mol. The molecule has 0 aromatic carbocycles. The van der Waals surface area contributed by atoms with E-state index < -0.39 is 0 Å². The number of allylic oxidation sites excluding steroid dienone is 3. The molecule has 1 N–H and O–H groups in total. The summed E-state index contributed by atoms with van der Waals surface area (Å²) in [6, 6.07) is 0. The molecule has 1 heterocycles. The smallest absolute Gasteiger partial charge is 0.241 e. The van der Waals surface area contributed by atoms with E-state index in [0.29, 0.717) is 18.8 Å². The van der Waals surface area contributed by atoms with E-state index in [1.807, 2.05) is 18.2 Å². The average molecular weight is 289 g/mol. The molecule has 2 aliphatic carbocycles. The van der Waals surface area contributed by atoms with Crippen molar-refractivity contribution in [3.63, 3.8) is 0 Å². The van der Waals surface area contributed by atoms with Gasteiger partial charge in [0.2, 0.25) is 16.9 Å². The first kappa shape index (κ1) is 13.2. The van der Waals surface area contributed by atoms with E-state index in [2.05, 4.69) is 10.3 Å². The molecule has 1 fully saturated rings. The summed E-state index contributed by atoms with van der Waals surface area (Å²) in [6.45, 7) is 0.791. The highest BCUT2D eigenvalue weighted by atomic mass is 32.1. The molecular weight excluding hydrogens is 274 g/mol. The Morgan fingerprint density at radius 1 is 1.45 bits per heavy atom. The van der Waals surface area contributed by atoms with E-state index >= 15 is 0 Å². The van der Waals surface area contributed by atoms with Crippen LogP contribution in [-0.2, 0) is 9.59 Å². The molecule has 3 aliphatic rings. The summed E-state index contributed by atoms with van der Waals surface area (Å²) in [7, 11) is 0. The van der Waals surface area contributed by atoms with Crippen LogP contribution >= 0.6 is 12.2 Å². The van der Waals surface area contributed by atoms with Crippen LogP contribution in [0, 0.1) is 11.8 Å². The lowest BCUT2D eigenvalue weighted by Crippen LogP contribution is -2.48. The lowest BCUT2D eigenvalue weighted by atomic mass is 9.95. The standard InChI is InChI=1S/C14H15N3O2S/c18-12(9-5-6-9)15-7-8-17-13(19)10-3-1-2-4-11(10)16-14(17)20/h1-4,9-10H,5-8H2,(H,15,18). The highest BCUT2D eigenvalue weighted by molar-refractivity contribution is 7.80. The summed E-state index contributed by atoms with van der Waals surface area (Å²) in [5.74, 6) is -0.160. The van der Waals surface area contributed by atoms with Gasteiger partial charge in [0.05, 0.1) is 11.6 Å². The SMILES string of the molecule is O=C(NCCN1C(=O)C2C=CC=CC2=NC1=S)C1CC1. The molecule has 0 aromatic rings. The number of aliphatic imine (C=N–C) groups is 1. The molecule has 1 aliphatic heterocycles. The summed E-state index contributed by atoms with van der Waals surface area (Å²) < 4.78 is 0. The van der Waals surface area contributed by atoms with Crippen LogP contribution in [0.5, 0.6) is 0 Å². The van der Waals surface area contributed by atoms with Crippen molar-refractivity contribution in [2.45, 2.75) is 12.8 Å². The Bertz CT molecular complexity index is 561. The first-order chi connectivity index (χ1) is 9.66. The lowest BCUT2D eigenvalue weighted by molar-refractivity contribution is -0.129. The Labute approximate surface area is 122 Å². The Hall–Kier alpha value is -1.82. The third-order valence-corrected chi connectivity index (χ3v) is 3.88. The molecule has 0 aromatic heterocycles. The van der Waals surface area contributed by atoms with Crippen LogP contribution in [0.3, 0.4) is 0 Å². The molecule has 3 rings (SSSR count). The summed E-state index contributed by atoms with van der Waals surface area (Å²) in [5, 5.41) is 3.11. The molecular formula is C14H15N3O2S. The third-order valence-electron chi connectivity index (χ3n) is 3.57. The van der Waals surface area contributed by atoms with Crippen molar-refractivity contribution in [2.24, 2.45) is 16.8 Å². The van der Waals surface area contributed by atoms with Crippen LogP contribution < -0.4 is 5.32 Å². The van der Waals surface area contributed by atoms with Gasteiger partial charge in [0.1, 0.15) is 0 Å². The van der Waals surface area contributed by atoms with Gasteiger partial charge in [-0.2, -0.15) is 0 Å².